The largest absolute Gasteiger partial charge is 0.495 e. The van der Waals surface area contributed by atoms with E-state index in [1.807, 2.05) is 30.3 Å². The zero-order valence-electron chi connectivity index (χ0n) is 16.4. The van der Waals surface area contributed by atoms with Crippen LogP contribution in [0.3, 0.4) is 0 Å². The number of anilines is 2. The van der Waals surface area contributed by atoms with Crippen molar-refractivity contribution in [3.8, 4) is 17.2 Å². The molecule has 0 saturated heterocycles. The van der Waals surface area contributed by atoms with E-state index in [4.69, 9.17) is 14.2 Å². The van der Waals surface area contributed by atoms with Crippen molar-refractivity contribution in [2.45, 2.75) is 6.54 Å². The minimum Gasteiger partial charge on any atom is -0.495 e. The van der Waals surface area contributed by atoms with E-state index in [1.54, 1.807) is 33.5 Å². The molecule has 0 bridgehead atoms. The van der Waals surface area contributed by atoms with Crippen molar-refractivity contribution in [3.05, 3.63) is 66.0 Å². The number of hydrogen-bond donors (Lipinski definition) is 2. The van der Waals surface area contributed by atoms with Gasteiger partial charge in [0.05, 0.1) is 32.6 Å². The second kappa shape index (κ2) is 9.41. The van der Waals surface area contributed by atoms with Gasteiger partial charge in [0.2, 0.25) is 5.95 Å². The van der Waals surface area contributed by atoms with Gasteiger partial charge in [-0.3, -0.25) is 4.79 Å². The van der Waals surface area contributed by atoms with Gasteiger partial charge in [0, 0.05) is 18.9 Å². The molecule has 0 radical (unpaired) electrons. The Morgan fingerprint density at radius 1 is 0.897 bits per heavy atom. The number of rotatable bonds is 8. The average Bonchev–Trinajstić information content (AvgIpc) is 2.78. The Morgan fingerprint density at radius 3 is 2.28 bits per heavy atom. The Balaban J connectivity index is 1.62. The Labute approximate surface area is 168 Å². The highest BCUT2D eigenvalue weighted by Crippen LogP contribution is 2.27. The summed E-state index contributed by atoms with van der Waals surface area (Å²) in [6.07, 6.45) is 2.93. The van der Waals surface area contributed by atoms with E-state index in [-0.39, 0.29) is 5.91 Å². The molecular formula is C21H22N4O4. The molecule has 1 heterocycles. The number of amides is 1. The molecule has 0 aliphatic carbocycles. The molecule has 1 aromatic heterocycles. The van der Waals surface area contributed by atoms with E-state index >= 15 is 0 Å². The van der Waals surface area contributed by atoms with Crippen molar-refractivity contribution < 1.29 is 19.0 Å². The number of carbonyl (C=O) groups excluding carboxylic acids is 1. The number of nitrogens with one attached hydrogen (secondary N) is 2. The second-order valence-electron chi connectivity index (χ2n) is 5.99. The monoisotopic (exact) mass is 394 g/mol. The van der Waals surface area contributed by atoms with Crippen LogP contribution in [0.25, 0.3) is 0 Å². The van der Waals surface area contributed by atoms with E-state index < -0.39 is 0 Å². The molecule has 3 aromatic rings. The molecule has 3 rings (SSSR count). The maximum Gasteiger partial charge on any atom is 0.258 e. The number of aromatic nitrogens is 2. The summed E-state index contributed by atoms with van der Waals surface area (Å²) in [7, 11) is 4.73. The topological polar surface area (TPSA) is 94.6 Å². The van der Waals surface area contributed by atoms with Crippen LogP contribution in [0, 0.1) is 0 Å². The lowest BCUT2D eigenvalue weighted by Gasteiger charge is -2.11. The van der Waals surface area contributed by atoms with Crippen LogP contribution in [0.15, 0.2) is 54.9 Å². The van der Waals surface area contributed by atoms with E-state index in [0.717, 1.165) is 5.56 Å². The summed E-state index contributed by atoms with van der Waals surface area (Å²) >= 11 is 0. The Morgan fingerprint density at radius 2 is 1.59 bits per heavy atom. The third-order valence-corrected chi connectivity index (χ3v) is 4.17. The van der Waals surface area contributed by atoms with Gasteiger partial charge >= 0.3 is 0 Å². The third kappa shape index (κ3) is 4.92. The van der Waals surface area contributed by atoms with Crippen LogP contribution in [0.2, 0.25) is 0 Å². The minimum absolute atomic E-state index is 0.319. The molecule has 1 amide bonds. The first-order valence-electron chi connectivity index (χ1n) is 8.85. The molecule has 8 heteroatoms. The quantitative estimate of drug-likeness (QED) is 0.605. The Kier molecular flexibility index (Phi) is 6.47. The van der Waals surface area contributed by atoms with Crippen LogP contribution in [-0.2, 0) is 6.54 Å². The first kappa shape index (κ1) is 19.9. The van der Waals surface area contributed by atoms with Crippen LogP contribution >= 0.6 is 0 Å². The summed E-state index contributed by atoms with van der Waals surface area (Å²) in [4.78, 5) is 20.8. The summed E-state index contributed by atoms with van der Waals surface area (Å²) in [5.74, 6) is 1.98. The molecule has 29 heavy (non-hydrogen) atoms. The predicted octanol–water partition coefficient (Wildman–Crippen LogP) is 3.37. The SMILES string of the molecule is COc1ccccc1NC(=O)c1cnc(NCc2ccc(OC)c(OC)c2)nc1. The fourth-order valence-corrected chi connectivity index (χ4v) is 2.65. The zero-order valence-corrected chi connectivity index (χ0v) is 16.4. The number of carbonyl (C=O) groups is 1. The summed E-state index contributed by atoms with van der Waals surface area (Å²) < 4.78 is 15.8. The maximum absolute atomic E-state index is 12.4. The summed E-state index contributed by atoms with van der Waals surface area (Å²) in [6, 6.07) is 12.8. The first-order chi connectivity index (χ1) is 14.1. The number of para-hydroxylation sites is 2. The van der Waals surface area contributed by atoms with E-state index in [2.05, 4.69) is 20.6 Å². The van der Waals surface area contributed by atoms with Gasteiger partial charge in [-0.1, -0.05) is 18.2 Å². The van der Waals surface area contributed by atoms with Crippen LogP contribution in [0.5, 0.6) is 17.2 Å². The smallest absolute Gasteiger partial charge is 0.258 e. The predicted molar refractivity (Wildman–Crippen MR) is 110 cm³/mol. The fraction of sp³-hybridized carbons (Fsp3) is 0.190. The lowest BCUT2D eigenvalue weighted by Crippen LogP contribution is -2.14. The van der Waals surface area contributed by atoms with E-state index in [1.165, 1.54) is 12.4 Å². The molecule has 8 nitrogen and oxygen atoms in total. The van der Waals surface area contributed by atoms with Gasteiger partial charge in [0.15, 0.2) is 11.5 Å². The number of ether oxygens (including phenoxy) is 3. The second-order valence-corrected chi connectivity index (χ2v) is 5.99. The Hall–Kier alpha value is -3.81. The third-order valence-electron chi connectivity index (χ3n) is 4.17. The maximum atomic E-state index is 12.4. The van der Waals surface area contributed by atoms with E-state index in [9.17, 15) is 4.79 Å². The van der Waals surface area contributed by atoms with Crippen molar-refractivity contribution in [1.82, 2.24) is 9.97 Å². The van der Waals surface area contributed by atoms with Crippen LogP contribution in [-0.4, -0.2) is 37.2 Å². The van der Waals surface area contributed by atoms with Crippen molar-refractivity contribution in [1.29, 1.82) is 0 Å². The van der Waals surface area contributed by atoms with E-state index in [0.29, 0.717) is 41.0 Å². The molecule has 0 aliphatic heterocycles. The van der Waals surface area contributed by atoms with Gasteiger partial charge in [-0.05, 0) is 29.8 Å². The minimum atomic E-state index is -0.319. The molecule has 0 saturated carbocycles. The lowest BCUT2D eigenvalue weighted by molar-refractivity contribution is 0.102. The summed E-state index contributed by atoms with van der Waals surface area (Å²) in [5, 5.41) is 5.90. The number of methoxy groups -OCH3 is 3. The number of benzene rings is 2. The summed E-state index contributed by atoms with van der Waals surface area (Å²) in [6.45, 7) is 0.493. The van der Waals surface area contributed by atoms with Crippen molar-refractivity contribution >= 4 is 17.5 Å². The van der Waals surface area contributed by atoms with Gasteiger partial charge in [0.1, 0.15) is 5.75 Å². The van der Waals surface area contributed by atoms with Gasteiger partial charge in [-0.2, -0.15) is 0 Å². The molecule has 150 valence electrons. The average molecular weight is 394 g/mol. The molecule has 2 aromatic carbocycles. The molecule has 0 unspecified atom stereocenters. The summed E-state index contributed by atoms with van der Waals surface area (Å²) in [5.41, 5.74) is 1.90. The van der Waals surface area contributed by atoms with Gasteiger partial charge in [-0.15, -0.1) is 0 Å². The van der Waals surface area contributed by atoms with Crippen LogP contribution in [0.1, 0.15) is 15.9 Å². The highest BCUT2D eigenvalue weighted by Gasteiger charge is 2.11. The van der Waals surface area contributed by atoms with Crippen LogP contribution < -0.4 is 24.8 Å². The number of nitrogens with zero attached hydrogens (tertiary/aromatic N) is 2. The van der Waals surface area contributed by atoms with Crippen molar-refractivity contribution in [3.63, 3.8) is 0 Å². The molecule has 2 N–H and O–H groups in total. The standard InChI is InChI=1S/C21H22N4O4/c1-27-17-7-5-4-6-16(17)25-20(26)15-12-23-21(24-13-15)22-11-14-8-9-18(28-2)19(10-14)29-3/h4-10,12-13H,11H2,1-3H3,(H,25,26)(H,22,23,24). The van der Waals surface area contributed by atoms with Gasteiger partial charge in [-0.25, -0.2) is 9.97 Å². The highest BCUT2D eigenvalue weighted by molar-refractivity contribution is 6.04. The zero-order chi connectivity index (χ0) is 20.6. The molecule has 0 aliphatic rings. The van der Waals surface area contributed by atoms with Gasteiger partial charge < -0.3 is 24.8 Å². The highest BCUT2D eigenvalue weighted by atomic mass is 16.5. The Bertz CT molecular complexity index is 977. The first-order valence-corrected chi connectivity index (χ1v) is 8.85. The molecular weight excluding hydrogens is 372 g/mol. The molecule has 0 spiro atoms. The fourth-order valence-electron chi connectivity index (χ4n) is 2.65. The normalized spacial score (nSPS) is 10.2. The van der Waals surface area contributed by atoms with Crippen molar-refractivity contribution in [2.75, 3.05) is 32.0 Å². The molecule has 0 fully saturated rings. The van der Waals surface area contributed by atoms with Crippen LogP contribution in [0.4, 0.5) is 11.6 Å². The molecule has 0 atom stereocenters. The number of hydrogen-bond acceptors (Lipinski definition) is 7. The van der Waals surface area contributed by atoms with Gasteiger partial charge in [0.25, 0.3) is 5.91 Å². The van der Waals surface area contributed by atoms with Crippen molar-refractivity contribution in [2.24, 2.45) is 0 Å². The lowest BCUT2D eigenvalue weighted by atomic mass is 10.2.